The lowest BCUT2D eigenvalue weighted by Gasteiger charge is -2.34. The van der Waals surface area contributed by atoms with E-state index in [4.69, 9.17) is 31.0 Å². The molecule has 0 spiro atoms. The lowest BCUT2D eigenvalue weighted by Crippen LogP contribution is -2.32. The van der Waals surface area contributed by atoms with Crippen LogP contribution in [0, 0.1) is 0 Å². The normalized spacial score (nSPS) is 12.5. The van der Waals surface area contributed by atoms with Gasteiger partial charge in [-0.05, 0) is 37.4 Å². The fraction of sp³-hybridized carbons (Fsp3) is 1.00. The lowest BCUT2D eigenvalue weighted by atomic mass is 9.85. The molecule has 0 amide bonds. The van der Waals surface area contributed by atoms with E-state index < -0.39 is 27.9 Å². The highest BCUT2D eigenvalue weighted by molar-refractivity contribution is 6.44. The van der Waals surface area contributed by atoms with Crippen molar-refractivity contribution in [2.75, 3.05) is 42.7 Å². The highest BCUT2D eigenvalue weighted by Gasteiger charge is 2.28. The van der Waals surface area contributed by atoms with Crippen molar-refractivity contribution in [1.82, 2.24) is 0 Å². The molecule has 194 valence electrons. The van der Waals surface area contributed by atoms with Crippen LogP contribution >= 0.6 is 0 Å². The Balaban J connectivity index is 4.55. The van der Waals surface area contributed by atoms with Crippen molar-refractivity contribution in [3.8, 4) is 0 Å². The van der Waals surface area contributed by atoms with Crippen LogP contribution in [0.25, 0.3) is 0 Å². The van der Waals surface area contributed by atoms with Gasteiger partial charge in [-0.1, -0.05) is 57.8 Å². The van der Waals surface area contributed by atoms with E-state index in [1.807, 2.05) is 0 Å². The maximum atomic E-state index is 6.02. The molecular formula is C22H48O7Si4. The third-order valence-electron chi connectivity index (χ3n) is 6.12. The topological polar surface area (TPSA) is 64.6 Å². The Morgan fingerprint density at radius 2 is 0.727 bits per heavy atom. The second kappa shape index (κ2) is 23.0. The van der Waals surface area contributed by atoms with E-state index in [0.717, 1.165) is 75.9 Å². The Bertz CT molecular complexity index is 357. The van der Waals surface area contributed by atoms with Crippen LogP contribution in [0.15, 0.2) is 0 Å². The average Bonchev–Trinajstić information content (AvgIpc) is 2.85. The van der Waals surface area contributed by atoms with Gasteiger partial charge < -0.3 is 31.0 Å². The smallest absolute Gasteiger partial charge is 0.384 e. The van der Waals surface area contributed by atoms with Gasteiger partial charge in [0.1, 0.15) is 0 Å². The van der Waals surface area contributed by atoms with E-state index in [-0.39, 0.29) is 5.60 Å². The molecule has 0 aromatic rings. The minimum Gasteiger partial charge on any atom is -0.413 e. The highest BCUT2D eigenvalue weighted by Crippen LogP contribution is 2.32. The maximum absolute atomic E-state index is 6.02. The summed E-state index contributed by atoms with van der Waals surface area (Å²) in [5, 5.41) is 0. The highest BCUT2D eigenvalue weighted by atomic mass is 28.3. The molecule has 0 atom stereocenters. The molecule has 0 rings (SSSR count). The van der Waals surface area contributed by atoms with Crippen LogP contribution in [0.3, 0.4) is 0 Å². The number of unbranched alkanes of at least 4 members (excludes halogenated alkanes) is 6. The van der Waals surface area contributed by atoms with Crippen LogP contribution < -0.4 is 0 Å². The van der Waals surface area contributed by atoms with Gasteiger partial charge >= 0.3 is 27.9 Å². The minimum atomic E-state index is -1.08. The molecule has 6 radical (unpaired) electrons. The molecule has 33 heavy (non-hydrogen) atoms. The van der Waals surface area contributed by atoms with Gasteiger partial charge in [-0.25, -0.2) is 0 Å². The fourth-order valence-corrected chi connectivity index (χ4v) is 7.72. The zero-order valence-corrected chi connectivity index (χ0v) is 26.0. The Kier molecular flexibility index (Phi) is 23.4. The van der Waals surface area contributed by atoms with E-state index in [9.17, 15) is 0 Å². The van der Waals surface area contributed by atoms with Crippen molar-refractivity contribution in [3.63, 3.8) is 0 Å². The Labute approximate surface area is 212 Å². The summed E-state index contributed by atoms with van der Waals surface area (Å²) in [5.41, 5.74) is -0.0974. The molecule has 0 saturated carbocycles. The lowest BCUT2D eigenvalue weighted by molar-refractivity contribution is 0.0426. The molecule has 0 aliphatic rings. The summed E-state index contributed by atoms with van der Waals surface area (Å²) >= 11 is 0. The first-order valence-electron chi connectivity index (χ1n) is 12.2. The largest absolute Gasteiger partial charge is 0.413 e. The number of hydrogen-bond acceptors (Lipinski definition) is 7. The van der Waals surface area contributed by atoms with E-state index in [1.54, 1.807) is 42.7 Å². The van der Waals surface area contributed by atoms with Gasteiger partial charge in [0.15, 0.2) is 0 Å². The molecule has 0 aromatic carbocycles. The Morgan fingerprint density at radius 1 is 0.455 bits per heavy atom. The molecule has 0 aliphatic carbocycles. The van der Waals surface area contributed by atoms with Crippen molar-refractivity contribution in [2.45, 2.75) is 101 Å². The quantitative estimate of drug-likeness (QED) is 0.122. The number of rotatable bonds is 25. The van der Waals surface area contributed by atoms with Crippen LogP contribution in [0.4, 0.5) is 0 Å². The van der Waals surface area contributed by atoms with Crippen molar-refractivity contribution in [3.05, 3.63) is 0 Å². The van der Waals surface area contributed by atoms with Gasteiger partial charge in [0, 0.05) is 42.7 Å². The Morgan fingerprint density at radius 3 is 0.939 bits per heavy atom. The van der Waals surface area contributed by atoms with Crippen LogP contribution in [0.1, 0.15) is 77.0 Å². The molecule has 0 saturated heterocycles. The summed E-state index contributed by atoms with van der Waals surface area (Å²) in [6.45, 7) is 0. The molecule has 0 aromatic heterocycles. The molecule has 0 aliphatic heterocycles. The molecule has 7 nitrogen and oxygen atoms in total. The van der Waals surface area contributed by atoms with Crippen molar-refractivity contribution >= 4 is 38.3 Å². The molecule has 0 fully saturated rings. The molecular weight excluding hydrogens is 489 g/mol. The van der Waals surface area contributed by atoms with Crippen LogP contribution in [0.2, 0.25) is 18.1 Å². The van der Waals surface area contributed by atoms with Gasteiger partial charge in [-0.15, -0.1) is 0 Å². The van der Waals surface area contributed by atoms with E-state index in [2.05, 4.69) is 10.5 Å². The van der Waals surface area contributed by atoms with Gasteiger partial charge in [0.25, 0.3) is 0 Å². The molecule has 0 N–H and O–H groups in total. The average molecular weight is 537 g/mol. The first kappa shape index (κ1) is 33.6. The SMILES string of the molecule is CO[Si](CCCCCC(CCCCC[Si](OC)OC)(CCCCC[Si](OC)OC)O[Si])OC. The van der Waals surface area contributed by atoms with Gasteiger partial charge in [0.2, 0.25) is 10.5 Å². The second-order valence-electron chi connectivity index (χ2n) is 8.31. The third-order valence-corrected chi connectivity index (χ3v) is 11.6. The molecule has 11 heteroatoms. The molecule has 0 bridgehead atoms. The van der Waals surface area contributed by atoms with Gasteiger partial charge in [-0.2, -0.15) is 0 Å². The summed E-state index contributed by atoms with van der Waals surface area (Å²) in [5.74, 6) is 0. The predicted octanol–water partition coefficient (Wildman–Crippen LogP) is 4.85. The standard InChI is InChI=1S/C22H48O7Si4/c1-23-31(24-2)19-13-7-10-16-22(29-30,17-11-8-14-20-32(25-3)26-4)18-12-9-15-21-33(27-5)28-6/h7-21H2,1-6H3. The van der Waals surface area contributed by atoms with Crippen molar-refractivity contribution in [1.29, 1.82) is 0 Å². The third kappa shape index (κ3) is 16.8. The van der Waals surface area contributed by atoms with Crippen LogP contribution in [-0.4, -0.2) is 86.6 Å². The minimum absolute atomic E-state index is 0.0974. The summed E-state index contributed by atoms with van der Waals surface area (Å²) in [6, 6.07) is 3.10. The van der Waals surface area contributed by atoms with Crippen LogP contribution in [0.5, 0.6) is 0 Å². The monoisotopic (exact) mass is 536 g/mol. The first-order valence-corrected chi connectivity index (χ1v) is 17.2. The van der Waals surface area contributed by atoms with E-state index >= 15 is 0 Å². The first-order chi connectivity index (χ1) is 16.0. The van der Waals surface area contributed by atoms with E-state index in [1.165, 1.54) is 19.3 Å². The summed E-state index contributed by atoms with van der Waals surface area (Å²) in [7, 11) is 10.7. The second-order valence-corrected chi connectivity index (χ2v) is 14.7. The summed E-state index contributed by atoms with van der Waals surface area (Å²) in [6.07, 6.45) is 13.7. The van der Waals surface area contributed by atoms with E-state index in [0.29, 0.717) is 0 Å². The summed E-state index contributed by atoms with van der Waals surface area (Å²) < 4.78 is 38.4. The fourth-order valence-electron chi connectivity index (χ4n) is 4.07. The van der Waals surface area contributed by atoms with Gasteiger partial charge in [-0.3, -0.25) is 0 Å². The van der Waals surface area contributed by atoms with Crippen molar-refractivity contribution < 1.29 is 31.0 Å². The summed E-state index contributed by atoms with van der Waals surface area (Å²) in [4.78, 5) is 0. The number of hydrogen-bond donors (Lipinski definition) is 0. The van der Waals surface area contributed by atoms with Crippen molar-refractivity contribution in [2.24, 2.45) is 0 Å². The van der Waals surface area contributed by atoms with Crippen LogP contribution in [-0.2, 0) is 31.0 Å². The zero-order chi connectivity index (χ0) is 24.8. The predicted molar refractivity (Wildman–Crippen MR) is 139 cm³/mol. The Hall–Kier alpha value is 0.588. The maximum Gasteiger partial charge on any atom is 0.384 e. The molecule has 0 unspecified atom stereocenters. The molecule has 0 heterocycles. The van der Waals surface area contributed by atoms with Gasteiger partial charge in [0.05, 0.1) is 5.60 Å². The zero-order valence-electron chi connectivity index (χ0n) is 22.0.